The fraction of sp³-hybridized carbons (Fsp3) is 0.125. The fourth-order valence-corrected chi connectivity index (χ4v) is 4.28. The Bertz CT molecular complexity index is 861. The van der Waals surface area contributed by atoms with E-state index in [0.717, 1.165) is 20.9 Å². The van der Waals surface area contributed by atoms with E-state index in [9.17, 15) is 9.59 Å². The average Bonchev–Trinajstić information content (AvgIpc) is 2.84. The molecule has 21 heavy (non-hydrogen) atoms. The number of benzene rings is 2. The summed E-state index contributed by atoms with van der Waals surface area (Å²) in [5, 5.41) is 9.78. The van der Waals surface area contributed by atoms with Gasteiger partial charge in [0.2, 0.25) is 0 Å². The quantitative estimate of drug-likeness (QED) is 0.740. The molecule has 0 spiro atoms. The molecule has 0 bridgehead atoms. The van der Waals surface area contributed by atoms with Crippen LogP contribution >= 0.6 is 0 Å². The van der Waals surface area contributed by atoms with Crippen molar-refractivity contribution in [1.82, 2.24) is 3.56 Å². The van der Waals surface area contributed by atoms with E-state index in [1.165, 1.54) is 0 Å². The summed E-state index contributed by atoms with van der Waals surface area (Å²) in [7, 11) is 0. The van der Waals surface area contributed by atoms with Gasteiger partial charge in [-0.2, -0.15) is 0 Å². The number of carboxylic acid groups (broad SMARTS) is 1. The summed E-state index contributed by atoms with van der Waals surface area (Å²) < 4.78 is 2.85. The Morgan fingerprint density at radius 2 is 1.81 bits per heavy atom. The number of aromatic nitrogens is 1. The van der Waals surface area contributed by atoms with Gasteiger partial charge in [0.05, 0.1) is 0 Å². The van der Waals surface area contributed by atoms with E-state index >= 15 is 0 Å². The molecule has 1 unspecified atom stereocenters. The summed E-state index contributed by atoms with van der Waals surface area (Å²) in [6.45, 7) is 1.65. The maximum absolute atomic E-state index is 12.4. The Balaban J connectivity index is 2.05. The Morgan fingerprint density at radius 1 is 1.14 bits per heavy atom. The molecule has 2 aromatic carbocycles. The van der Waals surface area contributed by atoms with E-state index < -0.39 is 11.9 Å². The first kappa shape index (κ1) is 13.9. The molecule has 4 nitrogen and oxygen atoms in total. The number of rotatable bonds is 3. The van der Waals surface area contributed by atoms with Crippen molar-refractivity contribution < 1.29 is 9.90 Å². The zero-order chi connectivity index (χ0) is 15.0. The predicted octanol–water partition coefficient (Wildman–Crippen LogP) is 2.24. The summed E-state index contributed by atoms with van der Waals surface area (Å²) in [5.74, 6) is -1.40. The van der Waals surface area contributed by atoms with Crippen LogP contribution in [0.3, 0.4) is 0 Å². The third kappa shape index (κ3) is 2.46. The van der Waals surface area contributed by atoms with E-state index in [2.05, 4.69) is 0 Å². The number of aliphatic carboxylic acids is 1. The number of carbonyl (C=O) groups is 1. The van der Waals surface area contributed by atoms with Crippen molar-refractivity contribution in [2.24, 2.45) is 0 Å². The van der Waals surface area contributed by atoms with Gasteiger partial charge in [0.1, 0.15) is 0 Å². The predicted molar refractivity (Wildman–Crippen MR) is 82.5 cm³/mol. The molecule has 0 saturated carbocycles. The zero-order valence-corrected chi connectivity index (χ0v) is 13.0. The normalized spacial score (nSPS) is 12.4. The van der Waals surface area contributed by atoms with E-state index in [0.29, 0.717) is 0 Å². The van der Waals surface area contributed by atoms with Crippen LogP contribution in [0.15, 0.2) is 53.3 Å². The first-order chi connectivity index (χ1) is 10.1. The summed E-state index contributed by atoms with van der Waals surface area (Å²) in [5.41, 5.74) is 1.57. The van der Waals surface area contributed by atoms with Crippen molar-refractivity contribution in [3.63, 3.8) is 0 Å². The van der Waals surface area contributed by atoms with Crippen LogP contribution in [-0.4, -0.2) is 29.4 Å². The second-order valence-corrected chi connectivity index (χ2v) is 6.91. The van der Waals surface area contributed by atoms with Gasteiger partial charge in [0.15, 0.2) is 0 Å². The van der Waals surface area contributed by atoms with Crippen molar-refractivity contribution in [1.29, 1.82) is 0 Å². The van der Waals surface area contributed by atoms with Crippen LogP contribution in [0.1, 0.15) is 18.4 Å². The SMILES string of the molecule is CC(C(=O)O)c1ccc(-n2[se]c3ccccc3c2=O)cc1. The van der Waals surface area contributed by atoms with Gasteiger partial charge in [-0.05, 0) is 0 Å². The van der Waals surface area contributed by atoms with Crippen LogP contribution in [0.25, 0.3) is 15.3 Å². The molecule has 5 heteroatoms. The van der Waals surface area contributed by atoms with Crippen LogP contribution in [0.5, 0.6) is 0 Å². The molecule has 0 aliphatic heterocycles. The third-order valence-corrected chi connectivity index (χ3v) is 5.82. The van der Waals surface area contributed by atoms with Crippen LogP contribution in [0.2, 0.25) is 0 Å². The number of fused-ring (bicyclic) bond motifs is 1. The summed E-state index contributed by atoms with van der Waals surface area (Å²) in [6, 6.07) is 14.8. The van der Waals surface area contributed by atoms with Gasteiger partial charge in [-0.1, -0.05) is 0 Å². The molecule has 1 atom stereocenters. The van der Waals surface area contributed by atoms with E-state index in [-0.39, 0.29) is 20.3 Å². The van der Waals surface area contributed by atoms with Gasteiger partial charge in [0, 0.05) is 0 Å². The molecule has 3 aromatic rings. The minimum absolute atomic E-state index is 0.0182. The first-order valence-electron chi connectivity index (χ1n) is 6.52. The van der Waals surface area contributed by atoms with Crippen LogP contribution in [0, 0.1) is 0 Å². The van der Waals surface area contributed by atoms with Gasteiger partial charge >= 0.3 is 127 Å². The van der Waals surface area contributed by atoms with Crippen LogP contribution in [0.4, 0.5) is 0 Å². The molecular weight excluding hydrogens is 333 g/mol. The molecule has 0 radical (unpaired) electrons. The molecule has 0 aliphatic carbocycles. The van der Waals surface area contributed by atoms with Crippen molar-refractivity contribution in [2.75, 3.05) is 0 Å². The fourth-order valence-electron chi connectivity index (χ4n) is 2.18. The van der Waals surface area contributed by atoms with Crippen LogP contribution < -0.4 is 5.56 Å². The molecule has 3 rings (SSSR count). The number of hydrogen-bond donors (Lipinski definition) is 1. The third-order valence-electron chi connectivity index (χ3n) is 3.49. The zero-order valence-electron chi connectivity index (χ0n) is 11.3. The van der Waals surface area contributed by atoms with Crippen molar-refractivity contribution in [2.45, 2.75) is 12.8 Å². The van der Waals surface area contributed by atoms with E-state index in [1.54, 1.807) is 22.6 Å². The summed E-state index contributed by atoms with van der Waals surface area (Å²) >= 11 is -0.0619. The van der Waals surface area contributed by atoms with Crippen molar-refractivity contribution >= 4 is 30.3 Å². The second-order valence-electron chi connectivity index (χ2n) is 4.84. The first-order valence-corrected chi connectivity index (χ1v) is 8.14. The number of hydrogen-bond acceptors (Lipinski definition) is 2. The summed E-state index contributed by atoms with van der Waals surface area (Å²) in [6.07, 6.45) is 0. The Labute approximate surface area is 127 Å². The van der Waals surface area contributed by atoms with E-state index in [4.69, 9.17) is 5.11 Å². The van der Waals surface area contributed by atoms with Gasteiger partial charge < -0.3 is 0 Å². The van der Waals surface area contributed by atoms with Crippen LogP contribution in [-0.2, 0) is 4.79 Å². The van der Waals surface area contributed by atoms with Crippen molar-refractivity contribution in [3.8, 4) is 5.69 Å². The Kier molecular flexibility index (Phi) is 3.53. The molecule has 0 amide bonds. The summed E-state index contributed by atoms with van der Waals surface area (Å²) in [4.78, 5) is 23.4. The standard InChI is InChI=1S/C16H13NO3Se/c1-10(16(19)20)11-6-8-12(9-7-11)17-15(18)13-4-2-3-5-14(13)21-17/h2-10H,1H3,(H,19,20). The Morgan fingerprint density at radius 3 is 2.43 bits per heavy atom. The second kappa shape index (κ2) is 5.35. The molecule has 1 N–H and O–H groups in total. The number of carboxylic acids is 1. The molecule has 1 aromatic heterocycles. The Hall–Kier alpha value is -2.10. The minimum atomic E-state index is -0.850. The molecule has 0 aliphatic rings. The maximum atomic E-state index is 12.4. The monoisotopic (exact) mass is 347 g/mol. The van der Waals surface area contributed by atoms with Crippen molar-refractivity contribution in [3.05, 3.63) is 64.4 Å². The van der Waals surface area contributed by atoms with Gasteiger partial charge in [-0.25, -0.2) is 0 Å². The molecule has 0 saturated heterocycles. The topological polar surface area (TPSA) is 59.3 Å². The van der Waals surface area contributed by atoms with E-state index in [1.807, 2.05) is 36.4 Å². The molecular formula is C16H13NO3Se. The van der Waals surface area contributed by atoms with Gasteiger partial charge in [-0.3, -0.25) is 0 Å². The molecule has 1 heterocycles. The number of nitrogens with zero attached hydrogens (tertiary/aromatic N) is 1. The molecule has 0 fully saturated rings. The van der Waals surface area contributed by atoms with Gasteiger partial charge in [-0.15, -0.1) is 0 Å². The average molecular weight is 346 g/mol. The van der Waals surface area contributed by atoms with Gasteiger partial charge in [0.25, 0.3) is 0 Å². The molecule has 106 valence electrons.